The highest BCUT2D eigenvalue weighted by Gasteiger charge is 2.10. The summed E-state index contributed by atoms with van der Waals surface area (Å²) in [4.78, 5) is 8.79. The van der Waals surface area contributed by atoms with E-state index < -0.39 is 0 Å². The summed E-state index contributed by atoms with van der Waals surface area (Å²) in [7, 11) is 1.97. The van der Waals surface area contributed by atoms with Gasteiger partial charge in [-0.05, 0) is 55.3 Å². The third-order valence-electron chi connectivity index (χ3n) is 4.79. The van der Waals surface area contributed by atoms with E-state index in [1.54, 1.807) is 18.3 Å². The first kappa shape index (κ1) is 18.5. The van der Waals surface area contributed by atoms with Crippen molar-refractivity contribution in [3.05, 3.63) is 71.5 Å². The molecular formula is C22H21N5O2. The lowest BCUT2D eigenvalue weighted by Crippen LogP contribution is -1.99. The highest BCUT2D eigenvalue weighted by Crippen LogP contribution is 2.28. The Morgan fingerprint density at radius 2 is 1.86 bits per heavy atom. The number of anilines is 2. The lowest BCUT2D eigenvalue weighted by Gasteiger charge is -2.08. The molecule has 7 nitrogen and oxygen atoms in total. The van der Waals surface area contributed by atoms with Gasteiger partial charge >= 0.3 is 0 Å². The van der Waals surface area contributed by atoms with Crippen molar-refractivity contribution in [2.75, 3.05) is 5.32 Å². The monoisotopic (exact) mass is 387 g/mol. The van der Waals surface area contributed by atoms with Gasteiger partial charge in [-0.3, -0.25) is 4.98 Å². The maximum atomic E-state index is 8.65. The zero-order chi connectivity index (χ0) is 20.4. The topological polar surface area (TPSA) is 84.6 Å². The SMILES string of the molecule is Cc1ccc(Nc2nc3cc(Oc4ccnc(/C=N\O)c4)ccc3n2C)cc1C. The van der Waals surface area contributed by atoms with Crippen LogP contribution in [0.3, 0.4) is 0 Å². The number of nitrogens with zero attached hydrogens (tertiary/aromatic N) is 4. The number of imidazole rings is 1. The Morgan fingerprint density at radius 3 is 2.66 bits per heavy atom. The minimum atomic E-state index is 0.504. The van der Waals surface area contributed by atoms with E-state index in [0.717, 1.165) is 22.7 Å². The summed E-state index contributed by atoms with van der Waals surface area (Å²) in [6.07, 6.45) is 2.84. The standard InChI is InChI=1S/C22H21N5O2/c1-14-4-5-16(10-15(14)2)25-22-26-20-12-18(6-7-21(20)27(22)3)29-19-8-9-23-17(11-19)13-24-28/h4-13,28H,1-3H3,(H,25,26)/b24-13-. The molecule has 0 aliphatic rings. The maximum absolute atomic E-state index is 8.65. The molecule has 0 fully saturated rings. The van der Waals surface area contributed by atoms with Gasteiger partial charge in [-0.25, -0.2) is 4.98 Å². The van der Waals surface area contributed by atoms with Gasteiger partial charge in [0.05, 0.1) is 22.9 Å². The number of oxime groups is 1. The molecule has 0 aliphatic heterocycles. The molecule has 146 valence electrons. The third kappa shape index (κ3) is 3.89. The first-order valence-electron chi connectivity index (χ1n) is 9.15. The van der Waals surface area contributed by atoms with Gasteiger partial charge in [0.15, 0.2) is 0 Å². The van der Waals surface area contributed by atoms with Crippen molar-refractivity contribution in [3.63, 3.8) is 0 Å². The number of hydrogen-bond acceptors (Lipinski definition) is 6. The van der Waals surface area contributed by atoms with Crippen LogP contribution in [-0.4, -0.2) is 26.0 Å². The smallest absolute Gasteiger partial charge is 0.208 e. The lowest BCUT2D eigenvalue weighted by molar-refractivity contribution is 0.321. The van der Waals surface area contributed by atoms with Gasteiger partial charge in [-0.15, -0.1) is 0 Å². The Morgan fingerprint density at radius 1 is 1.03 bits per heavy atom. The van der Waals surface area contributed by atoms with Gasteiger partial charge in [0.1, 0.15) is 11.5 Å². The van der Waals surface area contributed by atoms with Crippen molar-refractivity contribution in [1.29, 1.82) is 0 Å². The minimum absolute atomic E-state index is 0.504. The van der Waals surface area contributed by atoms with E-state index in [-0.39, 0.29) is 0 Å². The Kier molecular flexibility index (Phi) is 4.87. The van der Waals surface area contributed by atoms with E-state index in [0.29, 0.717) is 17.2 Å². The number of aromatic nitrogens is 3. The predicted molar refractivity (Wildman–Crippen MR) is 114 cm³/mol. The molecule has 0 saturated carbocycles. The highest BCUT2D eigenvalue weighted by molar-refractivity contribution is 5.81. The second-order valence-corrected chi connectivity index (χ2v) is 6.83. The number of rotatable bonds is 5. The fraction of sp³-hybridized carbons (Fsp3) is 0.136. The molecule has 0 atom stereocenters. The third-order valence-corrected chi connectivity index (χ3v) is 4.79. The molecule has 0 bridgehead atoms. The van der Waals surface area contributed by atoms with E-state index in [1.165, 1.54) is 17.3 Å². The molecule has 0 aliphatic carbocycles. The van der Waals surface area contributed by atoms with Crippen molar-refractivity contribution in [3.8, 4) is 11.5 Å². The molecule has 2 aromatic heterocycles. The van der Waals surface area contributed by atoms with Crippen LogP contribution in [0.1, 0.15) is 16.8 Å². The summed E-state index contributed by atoms with van der Waals surface area (Å²) in [6.45, 7) is 4.19. The number of pyridine rings is 1. The number of benzene rings is 2. The van der Waals surface area contributed by atoms with Crippen LogP contribution in [0.15, 0.2) is 59.9 Å². The summed E-state index contributed by atoms with van der Waals surface area (Å²) in [5, 5.41) is 15.0. The van der Waals surface area contributed by atoms with Crippen molar-refractivity contribution < 1.29 is 9.94 Å². The molecule has 4 rings (SSSR count). The molecule has 0 amide bonds. The van der Waals surface area contributed by atoms with Crippen molar-refractivity contribution in [2.45, 2.75) is 13.8 Å². The largest absolute Gasteiger partial charge is 0.457 e. The summed E-state index contributed by atoms with van der Waals surface area (Å²) in [5.74, 6) is 2.01. The Labute approximate surface area is 168 Å². The van der Waals surface area contributed by atoms with Crippen LogP contribution in [0.2, 0.25) is 0 Å². The van der Waals surface area contributed by atoms with Crippen molar-refractivity contribution in [2.24, 2.45) is 12.2 Å². The van der Waals surface area contributed by atoms with E-state index in [9.17, 15) is 0 Å². The van der Waals surface area contributed by atoms with Gasteiger partial charge in [0.2, 0.25) is 5.95 Å². The highest BCUT2D eigenvalue weighted by atomic mass is 16.5. The zero-order valence-corrected chi connectivity index (χ0v) is 16.4. The average Bonchev–Trinajstić information content (AvgIpc) is 3.00. The maximum Gasteiger partial charge on any atom is 0.208 e. The van der Waals surface area contributed by atoms with Crippen LogP contribution in [0.4, 0.5) is 11.6 Å². The molecule has 0 radical (unpaired) electrons. The van der Waals surface area contributed by atoms with Crippen molar-refractivity contribution in [1.82, 2.24) is 14.5 Å². The summed E-state index contributed by atoms with van der Waals surface area (Å²) in [6, 6.07) is 15.4. The lowest BCUT2D eigenvalue weighted by atomic mass is 10.1. The van der Waals surface area contributed by atoms with Gasteiger partial charge in [0.25, 0.3) is 0 Å². The number of aryl methyl sites for hydroxylation is 3. The number of nitrogens with one attached hydrogen (secondary N) is 1. The van der Waals surface area contributed by atoms with Crippen LogP contribution in [0, 0.1) is 13.8 Å². The number of hydrogen-bond donors (Lipinski definition) is 2. The molecule has 0 unspecified atom stereocenters. The predicted octanol–water partition coefficient (Wildman–Crippen LogP) is 4.93. The molecule has 2 heterocycles. The molecule has 2 aromatic carbocycles. The normalized spacial score (nSPS) is 11.3. The van der Waals surface area contributed by atoms with Gasteiger partial charge in [-0.2, -0.15) is 0 Å². The summed E-state index contributed by atoms with van der Waals surface area (Å²) >= 11 is 0. The summed E-state index contributed by atoms with van der Waals surface area (Å²) in [5.41, 5.74) is 5.80. The average molecular weight is 387 g/mol. The fourth-order valence-corrected chi connectivity index (χ4v) is 3.06. The number of ether oxygens (including phenoxy) is 1. The van der Waals surface area contributed by atoms with Crippen molar-refractivity contribution >= 4 is 28.9 Å². The van der Waals surface area contributed by atoms with Gasteiger partial charge in [-0.1, -0.05) is 11.2 Å². The first-order chi connectivity index (χ1) is 14.0. The molecule has 29 heavy (non-hydrogen) atoms. The fourth-order valence-electron chi connectivity index (χ4n) is 3.06. The Balaban J connectivity index is 1.61. The molecule has 0 saturated heterocycles. The minimum Gasteiger partial charge on any atom is -0.457 e. The first-order valence-corrected chi connectivity index (χ1v) is 9.15. The molecule has 2 N–H and O–H groups in total. The van der Waals surface area contributed by atoms with E-state index in [4.69, 9.17) is 14.9 Å². The van der Waals surface area contributed by atoms with Crippen LogP contribution >= 0.6 is 0 Å². The Bertz CT molecular complexity index is 1210. The zero-order valence-electron chi connectivity index (χ0n) is 16.4. The molecule has 7 heteroatoms. The number of fused-ring (bicyclic) bond motifs is 1. The second kappa shape index (κ2) is 7.63. The van der Waals surface area contributed by atoms with Crippen LogP contribution in [0.25, 0.3) is 11.0 Å². The van der Waals surface area contributed by atoms with E-state index >= 15 is 0 Å². The van der Waals surface area contributed by atoms with Crippen LogP contribution in [0.5, 0.6) is 11.5 Å². The molecule has 4 aromatic rings. The summed E-state index contributed by atoms with van der Waals surface area (Å²) < 4.78 is 7.93. The van der Waals surface area contributed by atoms with Crippen LogP contribution in [-0.2, 0) is 7.05 Å². The van der Waals surface area contributed by atoms with Gasteiger partial charge in [0, 0.05) is 31.1 Å². The van der Waals surface area contributed by atoms with Gasteiger partial charge < -0.3 is 19.8 Å². The molecular weight excluding hydrogens is 366 g/mol. The Hall–Kier alpha value is -3.87. The van der Waals surface area contributed by atoms with E-state index in [1.807, 2.05) is 35.9 Å². The quantitative estimate of drug-likeness (QED) is 0.288. The molecule has 0 spiro atoms. The second-order valence-electron chi connectivity index (χ2n) is 6.83. The van der Waals surface area contributed by atoms with E-state index in [2.05, 4.69) is 41.4 Å². The van der Waals surface area contributed by atoms with Crippen LogP contribution < -0.4 is 10.1 Å².